The largest absolute Gasteiger partial charge is 0.494 e. The number of rotatable bonds is 6. The number of hydrogen-bond donors (Lipinski definition) is 3. The van der Waals surface area contributed by atoms with Crippen molar-refractivity contribution < 1.29 is 14.3 Å². The number of benzene rings is 2. The number of hydrogen-bond acceptors (Lipinski definition) is 4. The van der Waals surface area contributed by atoms with E-state index in [4.69, 9.17) is 21.7 Å². The summed E-state index contributed by atoms with van der Waals surface area (Å²) in [6.45, 7) is 0. The Labute approximate surface area is 157 Å². The molecule has 0 atom stereocenters. The van der Waals surface area contributed by atoms with Crippen molar-refractivity contribution >= 4 is 34.6 Å². The third-order valence-corrected chi connectivity index (χ3v) is 4.19. The summed E-state index contributed by atoms with van der Waals surface area (Å²) in [6.07, 6.45) is 2.26. The van der Waals surface area contributed by atoms with E-state index >= 15 is 0 Å². The Morgan fingerprint density at radius 2 is 1.58 bits per heavy atom. The van der Waals surface area contributed by atoms with Crippen LogP contribution in [0.4, 0.5) is 11.4 Å². The second-order valence-electron chi connectivity index (χ2n) is 5.95. The summed E-state index contributed by atoms with van der Waals surface area (Å²) >= 11 is 5.32. The van der Waals surface area contributed by atoms with Gasteiger partial charge in [0.15, 0.2) is 5.11 Å². The van der Waals surface area contributed by atoms with Crippen LogP contribution in [0.2, 0.25) is 0 Å². The van der Waals surface area contributed by atoms with Crippen LogP contribution in [-0.4, -0.2) is 31.3 Å². The zero-order valence-electron chi connectivity index (χ0n) is 14.7. The van der Waals surface area contributed by atoms with E-state index in [1.165, 1.54) is 0 Å². The number of methoxy groups -OCH3 is 2. The van der Waals surface area contributed by atoms with E-state index in [1.807, 2.05) is 18.2 Å². The van der Waals surface area contributed by atoms with Crippen LogP contribution in [0.3, 0.4) is 0 Å². The average molecular weight is 371 g/mol. The van der Waals surface area contributed by atoms with E-state index in [1.54, 1.807) is 38.5 Å². The molecule has 0 saturated heterocycles. The molecule has 0 aliphatic heterocycles. The summed E-state index contributed by atoms with van der Waals surface area (Å²) in [4.78, 5) is 12.4. The molecule has 0 aromatic heterocycles. The fraction of sp³-hybridized carbons (Fsp3) is 0.263. The molecule has 0 spiro atoms. The number of amides is 1. The molecule has 2 aromatic rings. The molecule has 0 radical (unpaired) electrons. The summed E-state index contributed by atoms with van der Waals surface area (Å²) in [6, 6.07) is 12.9. The molecule has 1 fully saturated rings. The van der Waals surface area contributed by atoms with Gasteiger partial charge in [0.05, 0.1) is 25.6 Å². The van der Waals surface area contributed by atoms with Crippen molar-refractivity contribution in [3.63, 3.8) is 0 Å². The van der Waals surface area contributed by atoms with Crippen molar-refractivity contribution in [3.8, 4) is 11.5 Å². The Balaban J connectivity index is 1.81. The molecule has 2 aromatic carbocycles. The summed E-state index contributed by atoms with van der Waals surface area (Å²) in [5.41, 5.74) is 1.75. The van der Waals surface area contributed by atoms with E-state index in [2.05, 4.69) is 16.0 Å². The van der Waals surface area contributed by atoms with Crippen LogP contribution in [0.5, 0.6) is 11.5 Å². The number of thiocarbonyl (C=S) groups is 1. The molecule has 3 N–H and O–H groups in total. The van der Waals surface area contributed by atoms with Crippen LogP contribution >= 0.6 is 12.2 Å². The van der Waals surface area contributed by atoms with Crippen molar-refractivity contribution in [1.82, 2.24) is 5.32 Å². The zero-order chi connectivity index (χ0) is 18.5. The van der Waals surface area contributed by atoms with Gasteiger partial charge in [0.2, 0.25) is 0 Å². The summed E-state index contributed by atoms with van der Waals surface area (Å²) in [5, 5.41) is 9.73. The van der Waals surface area contributed by atoms with Crippen LogP contribution < -0.4 is 25.4 Å². The molecule has 6 nitrogen and oxygen atoms in total. The first kappa shape index (κ1) is 18.0. The molecule has 1 amide bonds. The maximum absolute atomic E-state index is 12.4. The highest BCUT2D eigenvalue weighted by atomic mass is 32.1. The SMILES string of the molecule is COc1cc(NC(=S)NC2CC2)c(OC)cc1NC(=O)c1ccccc1. The van der Waals surface area contributed by atoms with Gasteiger partial charge in [0.25, 0.3) is 5.91 Å². The lowest BCUT2D eigenvalue weighted by molar-refractivity contribution is 0.102. The molecule has 0 heterocycles. The molecule has 136 valence electrons. The Hall–Kier alpha value is -2.80. The van der Waals surface area contributed by atoms with Crippen molar-refractivity contribution in [1.29, 1.82) is 0 Å². The van der Waals surface area contributed by atoms with Gasteiger partial charge in [-0.2, -0.15) is 0 Å². The third-order valence-electron chi connectivity index (χ3n) is 3.97. The van der Waals surface area contributed by atoms with Gasteiger partial charge in [-0.1, -0.05) is 18.2 Å². The highest BCUT2D eigenvalue weighted by Crippen LogP contribution is 2.36. The quantitative estimate of drug-likeness (QED) is 0.676. The molecule has 3 rings (SSSR count). The van der Waals surface area contributed by atoms with E-state index < -0.39 is 0 Å². The molecule has 1 saturated carbocycles. The number of carbonyl (C=O) groups excluding carboxylic acids is 1. The minimum absolute atomic E-state index is 0.224. The van der Waals surface area contributed by atoms with Crippen molar-refractivity contribution in [2.24, 2.45) is 0 Å². The lowest BCUT2D eigenvalue weighted by Gasteiger charge is -2.17. The van der Waals surface area contributed by atoms with Crippen molar-refractivity contribution in [2.75, 3.05) is 24.9 Å². The molecular formula is C19H21N3O3S. The van der Waals surface area contributed by atoms with Gasteiger partial charge >= 0.3 is 0 Å². The Kier molecular flexibility index (Phi) is 5.58. The van der Waals surface area contributed by atoms with Gasteiger partial charge in [0.1, 0.15) is 11.5 Å². The van der Waals surface area contributed by atoms with E-state index in [0.717, 1.165) is 12.8 Å². The minimum Gasteiger partial charge on any atom is -0.494 e. The van der Waals surface area contributed by atoms with E-state index in [0.29, 0.717) is 39.6 Å². The topological polar surface area (TPSA) is 71.6 Å². The fourth-order valence-electron chi connectivity index (χ4n) is 2.45. The molecule has 0 bridgehead atoms. The fourth-order valence-corrected chi connectivity index (χ4v) is 2.73. The summed E-state index contributed by atoms with van der Waals surface area (Å²) in [5.74, 6) is 0.832. The lowest BCUT2D eigenvalue weighted by atomic mass is 10.2. The number of ether oxygens (including phenoxy) is 2. The van der Waals surface area contributed by atoms with Gasteiger partial charge in [-0.15, -0.1) is 0 Å². The molecular weight excluding hydrogens is 350 g/mol. The summed E-state index contributed by atoms with van der Waals surface area (Å²) in [7, 11) is 3.11. The van der Waals surface area contributed by atoms with E-state index in [-0.39, 0.29) is 5.91 Å². The van der Waals surface area contributed by atoms with Crippen LogP contribution in [0, 0.1) is 0 Å². The number of carbonyl (C=O) groups is 1. The van der Waals surface area contributed by atoms with Crippen LogP contribution in [-0.2, 0) is 0 Å². The summed E-state index contributed by atoms with van der Waals surface area (Å²) < 4.78 is 10.9. The first-order valence-electron chi connectivity index (χ1n) is 8.30. The standard InChI is InChI=1S/C19H21N3O3S/c1-24-16-11-15(22-19(26)20-13-8-9-13)17(25-2)10-14(16)21-18(23)12-6-4-3-5-7-12/h3-7,10-11,13H,8-9H2,1-2H3,(H,21,23)(H2,20,22,26). The number of anilines is 2. The zero-order valence-corrected chi connectivity index (χ0v) is 15.5. The molecule has 7 heteroatoms. The van der Waals surface area contributed by atoms with Gasteiger partial charge in [-0.25, -0.2) is 0 Å². The maximum atomic E-state index is 12.4. The highest BCUT2D eigenvalue weighted by molar-refractivity contribution is 7.80. The first-order valence-corrected chi connectivity index (χ1v) is 8.71. The average Bonchev–Trinajstić information content (AvgIpc) is 3.46. The van der Waals surface area contributed by atoms with Crippen molar-refractivity contribution in [3.05, 3.63) is 48.0 Å². The lowest BCUT2D eigenvalue weighted by Crippen LogP contribution is -2.30. The Morgan fingerprint density at radius 1 is 1.00 bits per heavy atom. The highest BCUT2D eigenvalue weighted by Gasteiger charge is 2.22. The minimum atomic E-state index is -0.224. The van der Waals surface area contributed by atoms with Gasteiger partial charge in [0, 0.05) is 23.7 Å². The monoisotopic (exact) mass is 371 g/mol. The molecule has 26 heavy (non-hydrogen) atoms. The normalized spacial score (nSPS) is 12.8. The van der Waals surface area contributed by atoms with Gasteiger partial charge < -0.3 is 25.4 Å². The smallest absolute Gasteiger partial charge is 0.255 e. The second-order valence-corrected chi connectivity index (χ2v) is 6.35. The Bertz CT molecular complexity index is 807. The maximum Gasteiger partial charge on any atom is 0.255 e. The van der Waals surface area contributed by atoms with E-state index in [9.17, 15) is 4.79 Å². The predicted molar refractivity (Wildman–Crippen MR) is 106 cm³/mol. The van der Waals surface area contributed by atoms with Gasteiger partial charge in [-0.05, 0) is 37.2 Å². The Morgan fingerprint density at radius 3 is 2.12 bits per heavy atom. The molecule has 1 aliphatic rings. The van der Waals surface area contributed by atoms with Crippen LogP contribution in [0.15, 0.2) is 42.5 Å². The van der Waals surface area contributed by atoms with Crippen LogP contribution in [0.1, 0.15) is 23.2 Å². The molecule has 0 unspecified atom stereocenters. The first-order chi connectivity index (χ1) is 12.6. The van der Waals surface area contributed by atoms with Gasteiger partial charge in [-0.3, -0.25) is 4.79 Å². The van der Waals surface area contributed by atoms with Crippen LogP contribution in [0.25, 0.3) is 0 Å². The van der Waals surface area contributed by atoms with Crippen molar-refractivity contribution in [2.45, 2.75) is 18.9 Å². The number of nitrogens with one attached hydrogen (secondary N) is 3. The third kappa shape index (κ3) is 4.43. The second kappa shape index (κ2) is 8.05. The predicted octanol–water partition coefficient (Wildman–Crippen LogP) is 3.40. The molecule has 1 aliphatic carbocycles.